The summed E-state index contributed by atoms with van der Waals surface area (Å²) in [7, 11) is 0. The van der Waals surface area contributed by atoms with Crippen molar-refractivity contribution >= 4 is 23.8 Å². The predicted octanol–water partition coefficient (Wildman–Crippen LogP) is 5.13. The van der Waals surface area contributed by atoms with E-state index in [9.17, 15) is 14.4 Å². The van der Waals surface area contributed by atoms with Crippen molar-refractivity contribution in [2.24, 2.45) is 5.10 Å². The molecule has 4 rings (SSSR count). The highest BCUT2D eigenvalue weighted by Gasteiger charge is 2.13. The van der Waals surface area contributed by atoms with Crippen molar-refractivity contribution in [1.82, 2.24) is 9.97 Å². The number of hydrogen-bond donors (Lipinski definition) is 2. The van der Waals surface area contributed by atoms with Gasteiger partial charge in [-0.05, 0) is 35.9 Å². The fourth-order valence-electron chi connectivity index (χ4n) is 3.14. The molecular weight excluding hydrogens is 457 g/mol. The van der Waals surface area contributed by atoms with Gasteiger partial charge in [0.15, 0.2) is 0 Å². The normalized spacial score (nSPS) is 10.7. The molecule has 0 spiro atoms. The summed E-state index contributed by atoms with van der Waals surface area (Å²) < 4.78 is 19.2. The van der Waals surface area contributed by atoms with Gasteiger partial charge < -0.3 is 4.74 Å². The van der Waals surface area contributed by atoms with E-state index in [1.165, 1.54) is 18.3 Å². The highest BCUT2D eigenvalue weighted by Crippen LogP contribution is 2.23. The van der Waals surface area contributed by atoms with Crippen LogP contribution in [0.3, 0.4) is 0 Å². The molecule has 4 aromatic rings. The molecule has 1 heterocycles. The molecule has 0 aliphatic heterocycles. The zero-order chi connectivity index (χ0) is 23.9. The van der Waals surface area contributed by atoms with E-state index in [2.05, 4.69) is 20.5 Å². The van der Waals surface area contributed by atoms with Gasteiger partial charge in [-0.25, -0.2) is 14.8 Å². The van der Waals surface area contributed by atoms with Crippen molar-refractivity contribution in [3.8, 4) is 23.1 Å². The number of hydrazone groups is 1. The number of halogens is 2. The lowest BCUT2D eigenvalue weighted by molar-refractivity contribution is 0.305. The van der Waals surface area contributed by atoms with Crippen LogP contribution >= 0.6 is 11.6 Å². The van der Waals surface area contributed by atoms with E-state index < -0.39 is 5.56 Å². The van der Waals surface area contributed by atoms with Crippen LogP contribution in [-0.2, 0) is 6.61 Å². The monoisotopic (exact) mass is 473 g/mol. The number of aromatic amines is 1. The number of hydrogen-bond acceptors (Lipinski definition) is 6. The maximum absolute atomic E-state index is 13.4. The molecule has 0 amide bonds. The molecule has 0 bridgehead atoms. The van der Waals surface area contributed by atoms with Crippen molar-refractivity contribution in [2.45, 2.75) is 6.61 Å². The fourth-order valence-corrected chi connectivity index (χ4v) is 3.32. The summed E-state index contributed by atoms with van der Waals surface area (Å²) >= 11 is 6.12. The van der Waals surface area contributed by atoms with Crippen molar-refractivity contribution in [3.05, 3.63) is 111 Å². The molecule has 0 saturated carbocycles. The minimum atomic E-state index is -0.587. The first-order valence-corrected chi connectivity index (χ1v) is 10.5. The van der Waals surface area contributed by atoms with Gasteiger partial charge in [0, 0.05) is 16.1 Å². The Morgan fingerprint density at radius 2 is 1.97 bits per heavy atom. The first kappa shape index (κ1) is 22.7. The predicted molar refractivity (Wildman–Crippen MR) is 128 cm³/mol. The zero-order valence-corrected chi connectivity index (χ0v) is 18.4. The molecule has 2 N–H and O–H groups in total. The van der Waals surface area contributed by atoms with E-state index in [1.807, 2.05) is 12.1 Å². The average Bonchev–Trinajstić information content (AvgIpc) is 2.84. The van der Waals surface area contributed by atoms with E-state index >= 15 is 0 Å². The highest BCUT2D eigenvalue weighted by atomic mass is 35.5. The number of rotatable bonds is 7. The second kappa shape index (κ2) is 10.4. The summed E-state index contributed by atoms with van der Waals surface area (Å²) in [6.45, 7) is 0.151. The molecule has 0 aliphatic carbocycles. The SMILES string of the molecule is N#Cc1c(-c2ccccc2)nc(NN=Cc2cc(Cl)ccc2OCc2cccc(F)c2)[nH]c1=O. The van der Waals surface area contributed by atoms with E-state index in [0.717, 1.165) is 0 Å². The fraction of sp³-hybridized carbons (Fsp3) is 0.0400. The number of ether oxygens (including phenoxy) is 1. The lowest BCUT2D eigenvalue weighted by Gasteiger charge is -2.10. The Labute approximate surface area is 199 Å². The molecule has 3 aromatic carbocycles. The van der Waals surface area contributed by atoms with Crippen molar-refractivity contribution in [2.75, 3.05) is 5.43 Å². The van der Waals surface area contributed by atoms with Gasteiger partial charge in [0.25, 0.3) is 5.56 Å². The van der Waals surface area contributed by atoms with Gasteiger partial charge in [0.05, 0.1) is 11.9 Å². The standard InChI is InChI=1S/C25H17ClFN5O2/c26-19-9-10-22(34-15-16-5-4-8-20(27)11-16)18(12-19)14-29-32-25-30-23(17-6-2-1-3-7-17)21(13-28)24(33)31-25/h1-12,14H,15H2,(H2,30,31,32,33). The van der Waals surface area contributed by atoms with E-state index in [1.54, 1.807) is 54.6 Å². The molecule has 9 heteroatoms. The summed E-state index contributed by atoms with van der Waals surface area (Å²) in [6.07, 6.45) is 1.45. The van der Waals surface area contributed by atoms with Gasteiger partial charge in [-0.3, -0.25) is 9.78 Å². The Kier molecular flexibility index (Phi) is 6.96. The summed E-state index contributed by atoms with van der Waals surface area (Å²) in [5.41, 5.74) is 4.08. The lowest BCUT2D eigenvalue weighted by atomic mass is 10.1. The van der Waals surface area contributed by atoms with Crippen LogP contribution in [0.15, 0.2) is 82.7 Å². The zero-order valence-electron chi connectivity index (χ0n) is 17.6. The maximum Gasteiger partial charge on any atom is 0.270 e. The number of nitrogens with one attached hydrogen (secondary N) is 2. The van der Waals surface area contributed by atoms with Gasteiger partial charge in [0.2, 0.25) is 5.95 Å². The molecule has 168 valence electrons. The summed E-state index contributed by atoms with van der Waals surface area (Å²) in [5.74, 6) is 0.191. The second-order valence-corrected chi connectivity index (χ2v) is 7.52. The number of nitriles is 1. The average molecular weight is 474 g/mol. The molecule has 0 aliphatic rings. The molecule has 7 nitrogen and oxygen atoms in total. The van der Waals surface area contributed by atoms with E-state index in [-0.39, 0.29) is 29.6 Å². The molecule has 0 radical (unpaired) electrons. The largest absolute Gasteiger partial charge is 0.488 e. The number of H-pyrrole nitrogens is 1. The van der Waals surface area contributed by atoms with Gasteiger partial charge in [0.1, 0.15) is 29.8 Å². The molecule has 1 aromatic heterocycles. The van der Waals surface area contributed by atoms with Crippen molar-refractivity contribution in [3.63, 3.8) is 0 Å². The molecular formula is C25H17ClFN5O2. The quantitative estimate of drug-likeness (QED) is 0.286. The minimum Gasteiger partial charge on any atom is -0.488 e. The van der Waals surface area contributed by atoms with Gasteiger partial charge >= 0.3 is 0 Å². The third kappa shape index (κ3) is 5.46. The summed E-state index contributed by atoms with van der Waals surface area (Å²) in [4.78, 5) is 19.2. The van der Waals surface area contributed by atoms with Crippen molar-refractivity contribution < 1.29 is 9.13 Å². The molecule has 0 atom stereocenters. The van der Waals surface area contributed by atoms with Gasteiger partial charge in [-0.15, -0.1) is 0 Å². The van der Waals surface area contributed by atoms with Crippen LogP contribution in [0.25, 0.3) is 11.3 Å². The Bertz CT molecular complexity index is 1450. The summed E-state index contributed by atoms with van der Waals surface area (Å²) in [5, 5.41) is 14.0. The molecule has 0 unspecified atom stereocenters. The highest BCUT2D eigenvalue weighted by molar-refractivity contribution is 6.30. The first-order valence-electron chi connectivity index (χ1n) is 10.1. The number of nitrogens with zero attached hydrogens (tertiary/aromatic N) is 3. The lowest BCUT2D eigenvalue weighted by Crippen LogP contribution is -2.16. The Balaban J connectivity index is 1.56. The van der Waals surface area contributed by atoms with E-state index in [0.29, 0.717) is 27.5 Å². The van der Waals surface area contributed by atoms with E-state index in [4.69, 9.17) is 16.3 Å². The van der Waals surface area contributed by atoms with Crippen LogP contribution in [0.1, 0.15) is 16.7 Å². The number of aromatic nitrogens is 2. The Morgan fingerprint density at radius 3 is 2.74 bits per heavy atom. The minimum absolute atomic E-state index is 0.0587. The second-order valence-electron chi connectivity index (χ2n) is 7.09. The molecule has 0 fully saturated rings. The number of anilines is 1. The van der Waals surface area contributed by atoms with Gasteiger partial charge in [-0.2, -0.15) is 10.4 Å². The van der Waals surface area contributed by atoms with Gasteiger partial charge in [-0.1, -0.05) is 54.1 Å². The third-order valence-electron chi connectivity index (χ3n) is 4.71. The third-order valence-corrected chi connectivity index (χ3v) is 4.94. The topological polar surface area (TPSA) is 103 Å². The summed E-state index contributed by atoms with van der Waals surface area (Å²) in [6, 6.07) is 21.9. The van der Waals surface area contributed by atoms with Crippen LogP contribution in [0.5, 0.6) is 5.75 Å². The van der Waals surface area contributed by atoms with Crippen LogP contribution in [-0.4, -0.2) is 16.2 Å². The Morgan fingerprint density at radius 1 is 1.15 bits per heavy atom. The Hall–Kier alpha value is -4.48. The van der Waals surface area contributed by atoms with Crippen LogP contribution in [0, 0.1) is 17.1 Å². The molecule has 34 heavy (non-hydrogen) atoms. The number of benzene rings is 3. The van der Waals surface area contributed by atoms with Crippen LogP contribution in [0.2, 0.25) is 5.02 Å². The first-order chi connectivity index (χ1) is 16.5. The smallest absolute Gasteiger partial charge is 0.270 e. The molecule has 0 saturated heterocycles. The van der Waals surface area contributed by atoms with Crippen LogP contribution < -0.4 is 15.7 Å². The van der Waals surface area contributed by atoms with Crippen molar-refractivity contribution in [1.29, 1.82) is 5.26 Å². The maximum atomic E-state index is 13.4. The van der Waals surface area contributed by atoms with Crippen LogP contribution in [0.4, 0.5) is 10.3 Å².